The maximum atomic E-state index is 12.8. The largest absolute Gasteiger partial charge is 0.466 e. The minimum atomic E-state index is -2.95. The highest BCUT2D eigenvalue weighted by molar-refractivity contribution is 5.74. The molecule has 1 fully saturated rings. The van der Waals surface area contributed by atoms with Crippen LogP contribution in [0.1, 0.15) is 6.92 Å². The van der Waals surface area contributed by atoms with Gasteiger partial charge in [-0.3, -0.25) is 4.79 Å². The highest BCUT2D eigenvalue weighted by atomic mass is 19.3. The van der Waals surface area contributed by atoms with E-state index in [0.29, 0.717) is 0 Å². The summed E-state index contributed by atoms with van der Waals surface area (Å²) in [5.41, 5.74) is 0. The smallest absolute Gasteiger partial charge is 0.316 e. The second-order valence-electron chi connectivity index (χ2n) is 2.70. The van der Waals surface area contributed by atoms with Gasteiger partial charge in [0, 0.05) is 6.54 Å². The van der Waals surface area contributed by atoms with Gasteiger partial charge in [-0.25, -0.2) is 8.78 Å². The Labute approximate surface area is 69.1 Å². The second-order valence-corrected chi connectivity index (χ2v) is 2.70. The number of ether oxygens (including phenoxy) is 1. The zero-order valence-electron chi connectivity index (χ0n) is 6.77. The van der Waals surface area contributed by atoms with Crippen LogP contribution in [-0.4, -0.2) is 31.6 Å². The lowest BCUT2D eigenvalue weighted by Gasteiger charge is -2.15. The lowest BCUT2D eigenvalue weighted by Crippen LogP contribution is -2.34. The Hall–Kier alpha value is -0.710. The SMILES string of the molecule is CCOC(=O)C1CNCC1(F)F. The lowest BCUT2D eigenvalue weighted by atomic mass is 10.1. The molecule has 1 unspecified atom stereocenters. The van der Waals surface area contributed by atoms with E-state index in [4.69, 9.17) is 0 Å². The molecule has 0 aromatic heterocycles. The van der Waals surface area contributed by atoms with Crippen LogP contribution in [0.15, 0.2) is 0 Å². The minimum Gasteiger partial charge on any atom is -0.466 e. The summed E-state index contributed by atoms with van der Waals surface area (Å²) in [7, 11) is 0. The quantitative estimate of drug-likeness (QED) is 0.624. The molecule has 1 saturated heterocycles. The molecular weight excluding hydrogens is 168 g/mol. The van der Waals surface area contributed by atoms with Crippen LogP contribution in [0, 0.1) is 5.92 Å². The Morgan fingerprint density at radius 1 is 1.75 bits per heavy atom. The number of esters is 1. The van der Waals surface area contributed by atoms with Crippen LogP contribution in [0.5, 0.6) is 0 Å². The van der Waals surface area contributed by atoms with E-state index in [0.717, 1.165) is 0 Å². The third-order valence-corrected chi connectivity index (χ3v) is 1.79. The van der Waals surface area contributed by atoms with Crippen molar-refractivity contribution in [1.82, 2.24) is 5.32 Å². The first-order valence-electron chi connectivity index (χ1n) is 3.83. The Morgan fingerprint density at radius 2 is 2.42 bits per heavy atom. The van der Waals surface area contributed by atoms with E-state index < -0.39 is 24.4 Å². The van der Waals surface area contributed by atoms with Crippen molar-refractivity contribution < 1.29 is 18.3 Å². The zero-order valence-corrected chi connectivity index (χ0v) is 6.77. The molecule has 0 amide bonds. The van der Waals surface area contributed by atoms with Crippen LogP contribution in [-0.2, 0) is 9.53 Å². The van der Waals surface area contributed by atoms with Crippen LogP contribution in [0.4, 0.5) is 8.78 Å². The van der Waals surface area contributed by atoms with Crippen LogP contribution < -0.4 is 5.32 Å². The van der Waals surface area contributed by atoms with E-state index >= 15 is 0 Å². The molecule has 1 rings (SSSR count). The van der Waals surface area contributed by atoms with Crippen LogP contribution in [0.2, 0.25) is 0 Å². The van der Waals surface area contributed by atoms with Gasteiger partial charge in [0.15, 0.2) is 0 Å². The summed E-state index contributed by atoms with van der Waals surface area (Å²) in [6.45, 7) is 1.31. The number of carbonyl (C=O) groups is 1. The number of alkyl halides is 2. The molecule has 0 aliphatic carbocycles. The highest BCUT2D eigenvalue weighted by Crippen LogP contribution is 2.28. The summed E-state index contributed by atoms with van der Waals surface area (Å²) in [5.74, 6) is -5.07. The average Bonchev–Trinajstić information content (AvgIpc) is 2.30. The molecule has 12 heavy (non-hydrogen) atoms. The van der Waals surface area contributed by atoms with Crippen molar-refractivity contribution in [3.05, 3.63) is 0 Å². The van der Waals surface area contributed by atoms with Crippen molar-refractivity contribution in [2.45, 2.75) is 12.8 Å². The number of hydrogen-bond acceptors (Lipinski definition) is 3. The fraction of sp³-hybridized carbons (Fsp3) is 0.857. The van der Waals surface area contributed by atoms with Crippen LogP contribution in [0.25, 0.3) is 0 Å². The summed E-state index contributed by atoms with van der Waals surface area (Å²) in [5, 5.41) is 2.45. The third kappa shape index (κ3) is 1.72. The van der Waals surface area contributed by atoms with Crippen LogP contribution in [0.3, 0.4) is 0 Å². The molecule has 0 saturated carbocycles. The Balaban J connectivity index is 2.56. The van der Waals surface area contributed by atoms with Crippen molar-refractivity contribution in [2.24, 2.45) is 5.92 Å². The molecule has 0 spiro atoms. The molecule has 1 aliphatic heterocycles. The minimum absolute atomic E-state index is 0.00579. The molecule has 70 valence electrons. The normalized spacial score (nSPS) is 27.1. The van der Waals surface area contributed by atoms with Crippen molar-refractivity contribution in [3.8, 4) is 0 Å². The molecule has 5 heteroatoms. The van der Waals surface area contributed by atoms with Gasteiger partial charge in [0.25, 0.3) is 5.92 Å². The van der Waals surface area contributed by atoms with E-state index in [2.05, 4.69) is 10.1 Å². The Bertz CT molecular complexity index is 184. The molecule has 0 bridgehead atoms. The molecule has 0 aromatic rings. The number of nitrogens with one attached hydrogen (secondary N) is 1. The van der Waals surface area contributed by atoms with Gasteiger partial charge < -0.3 is 10.1 Å². The molecule has 3 nitrogen and oxygen atoms in total. The maximum Gasteiger partial charge on any atom is 0.316 e. The Morgan fingerprint density at radius 3 is 2.83 bits per heavy atom. The molecule has 1 atom stereocenters. The Kier molecular flexibility index (Phi) is 2.62. The predicted octanol–water partition coefficient (Wildman–Crippen LogP) is 0.404. The fourth-order valence-electron chi connectivity index (χ4n) is 1.15. The second kappa shape index (κ2) is 3.35. The fourth-order valence-corrected chi connectivity index (χ4v) is 1.15. The number of halogens is 2. The van der Waals surface area contributed by atoms with E-state index in [1.807, 2.05) is 0 Å². The average molecular weight is 179 g/mol. The van der Waals surface area contributed by atoms with Gasteiger partial charge >= 0.3 is 5.97 Å². The van der Waals surface area contributed by atoms with Gasteiger partial charge in [0.05, 0.1) is 13.2 Å². The van der Waals surface area contributed by atoms with Crippen molar-refractivity contribution in [1.29, 1.82) is 0 Å². The van der Waals surface area contributed by atoms with Crippen LogP contribution >= 0.6 is 0 Å². The summed E-state index contributed by atoms with van der Waals surface area (Å²) in [4.78, 5) is 10.9. The summed E-state index contributed by atoms with van der Waals surface area (Å²) in [6, 6.07) is 0. The van der Waals surface area contributed by atoms with Crippen molar-refractivity contribution >= 4 is 5.97 Å². The summed E-state index contributed by atoms with van der Waals surface area (Å²) in [6.07, 6.45) is 0. The number of rotatable bonds is 2. The summed E-state index contributed by atoms with van der Waals surface area (Å²) < 4.78 is 30.1. The molecule has 1 N–H and O–H groups in total. The van der Waals surface area contributed by atoms with E-state index in [-0.39, 0.29) is 13.2 Å². The topological polar surface area (TPSA) is 38.3 Å². The van der Waals surface area contributed by atoms with Gasteiger partial charge in [-0.2, -0.15) is 0 Å². The van der Waals surface area contributed by atoms with Crippen molar-refractivity contribution in [2.75, 3.05) is 19.7 Å². The first kappa shape index (κ1) is 9.38. The predicted molar refractivity (Wildman–Crippen MR) is 37.9 cm³/mol. The van der Waals surface area contributed by atoms with E-state index in [9.17, 15) is 13.6 Å². The molecule has 1 aliphatic rings. The lowest BCUT2D eigenvalue weighted by molar-refractivity contribution is -0.157. The zero-order chi connectivity index (χ0) is 9.19. The van der Waals surface area contributed by atoms with E-state index in [1.54, 1.807) is 6.92 Å². The molecular formula is C7H11F2NO2. The molecule has 0 aromatic carbocycles. The number of hydrogen-bond donors (Lipinski definition) is 1. The molecule has 1 heterocycles. The summed E-state index contributed by atoms with van der Waals surface area (Å²) >= 11 is 0. The van der Waals surface area contributed by atoms with Gasteiger partial charge in [-0.15, -0.1) is 0 Å². The first-order valence-corrected chi connectivity index (χ1v) is 3.83. The van der Waals surface area contributed by atoms with Crippen molar-refractivity contribution in [3.63, 3.8) is 0 Å². The van der Waals surface area contributed by atoms with Gasteiger partial charge in [0.2, 0.25) is 0 Å². The van der Waals surface area contributed by atoms with E-state index in [1.165, 1.54) is 0 Å². The third-order valence-electron chi connectivity index (χ3n) is 1.79. The van der Waals surface area contributed by atoms with Gasteiger partial charge in [0.1, 0.15) is 5.92 Å². The molecule has 0 radical (unpaired) electrons. The standard InChI is InChI=1S/C7H11F2NO2/c1-2-12-6(11)5-3-10-4-7(5,8)9/h5,10H,2-4H2,1H3. The first-order chi connectivity index (χ1) is 5.58. The highest BCUT2D eigenvalue weighted by Gasteiger charge is 2.49. The van der Waals surface area contributed by atoms with Gasteiger partial charge in [-0.1, -0.05) is 0 Å². The van der Waals surface area contributed by atoms with Gasteiger partial charge in [-0.05, 0) is 6.92 Å². The monoisotopic (exact) mass is 179 g/mol. The maximum absolute atomic E-state index is 12.8. The number of carbonyl (C=O) groups excluding carboxylic acids is 1.